The van der Waals surface area contributed by atoms with Crippen LogP contribution in [0.5, 0.6) is 5.75 Å². The van der Waals surface area contributed by atoms with Crippen LogP contribution >= 0.6 is 34.7 Å². The minimum Gasteiger partial charge on any atom is -0.486 e. The van der Waals surface area contributed by atoms with Crippen molar-refractivity contribution in [2.45, 2.75) is 24.5 Å². The topological polar surface area (TPSA) is 74.2 Å². The molecular formula is C18H14ClN3O3S2. The number of furan rings is 1. The molecule has 3 aromatic heterocycles. The lowest BCUT2D eigenvalue weighted by Crippen LogP contribution is -1.95. The zero-order chi connectivity index (χ0) is 18.6. The predicted molar refractivity (Wildman–Crippen MR) is 104 cm³/mol. The van der Waals surface area contributed by atoms with Gasteiger partial charge in [-0.15, -0.1) is 21.5 Å². The molecule has 0 saturated heterocycles. The summed E-state index contributed by atoms with van der Waals surface area (Å²) in [6, 6.07) is 9.07. The first-order valence-electron chi connectivity index (χ1n) is 8.00. The van der Waals surface area contributed by atoms with Crippen LogP contribution in [0.15, 0.2) is 56.0 Å². The van der Waals surface area contributed by atoms with Crippen molar-refractivity contribution >= 4 is 34.7 Å². The van der Waals surface area contributed by atoms with Crippen LogP contribution in [0, 0.1) is 6.92 Å². The lowest BCUT2D eigenvalue weighted by molar-refractivity contribution is 0.305. The Morgan fingerprint density at radius 2 is 2.04 bits per heavy atom. The number of benzene rings is 1. The SMILES string of the molecule is Cc1occc1-c1nnc(SCc2csc(COc3ccc(Cl)cc3)n2)o1. The fraction of sp³-hybridized carbons (Fsp3) is 0.167. The Balaban J connectivity index is 1.31. The molecule has 3 heterocycles. The molecule has 0 aliphatic rings. The van der Waals surface area contributed by atoms with Crippen molar-refractivity contribution in [1.29, 1.82) is 0 Å². The molecule has 0 aliphatic heterocycles. The summed E-state index contributed by atoms with van der Waals surface area (Å²) in [5.41, 5.74) is 1.75. The van der Waals surface area contributed by atoms with Crippen molar-refractivity contribution in [3.05, 3.63) is 63.5 Å². The van der Waals surface area contributed by atoms with Crippen molar-refractivity contribution in [3.63, 3.8) is 0 Å². The Labute approximate surface area is 168 Å². The highest BCUT2D eigenvalue weighted by Gasteiger charge is 2.14. The highest BCUT2D eigenvalue weighted by Crippen LogP contribution is 2.28. The molecule has 0 aliphatic carbocycles. The fourth-order valence-electron chi connectivity index (χ4n) is 2.28. The number of aryl methyl sites for hydroxylation is 1. The van der Waals surface area contributed by atoms with Gasteiger partial charge in [0.2, 0.25) is 0 Å². The summed E-state index contributed by atoms with van der Waals surface area (Å²) in [4.78, 5) is 4.57. The molecule has 1 aromatic carbocycles. The molecule has 4 aromatic rings. The number of thiazole rings is 1. The molecule has 0 spiro atoms. The molecule has 27 heavy (non-hydrogen) atoms. The number of nitrogens with zero attached hydrogens (tertiary/aromatic N) is 3. The van der Waals surface area contributed by atoms with Crippen LogP contribution in [0.2, 0.25) is 5.02 Å². The molecule has 0 unspecified atom stereocenters. The summed E-state index contributed by atoms with van der Waals surface area (Å²) in [7, 11) is 0. The van der Waals surface area contributed by atoms with E-state index in [-0.39, 0.29) is 0 Å². The van der Waals surface area contributed by atoms with Gasteiger partial charge in [0.05, 0.1) is 17.5 Å². The van der Waals surface area contributed by atoms with E-state index in [1.807, 2.05) is 30.5 Å². The van der Waals surface area contributed by atoms with E-state index in [1.54, 1.807) is 29.7 Å². The molecule has 138 valence electrons. The summed E-state index contributed by atoms with van der Waals surface area (Å²) in [6.07, 6.45) is 1.60. The molecule has 0 saturated carbocycles. The second-order valence-corrected chi connectivity index (χ2v) is 7.83. The van der Waals surface area contributed by atoms with Crippen molar-refractivity contribution < 1.29 is 13.6 Å². The first-order valence-corrected chi connectivity index (χ1v) is 10.2. The number of aromatic nitrogens is 3. The van der Waals surface area contributed by atoms with Gasteiger partial charge in [-0.2, -0.15) is 0 Å². The highest BCUT2D eigenvalue weighted by molar-refractivity contribution is 7.98. The lowest BCUT2D eigenvalue weighted by atomic mass is 10.3. The summed E-state index contributed by atoms with van der Waals surface area (Å²) in [5.74, 6) is 2.61. The van der Waals surface area contributed by atoms with Gasteiger partial charge in [-0.25, -0.2) is 4.98 Å². The van der Waals surface area contributed by atoms with Gasteiger partial charge in [0.15, 0.2) is 0 Å². The van der Waals surface area contributed by atoms with E-state index in [2.05, 4.69) is 15.2 Å². The van der Waals surface area contributed by atoms with Gasteiger partial charge in [0, 0.05) is 16.2 Å². The van der Waals surface area contributed by atoms with Gasteiger partial charge < -0.3 is 13.6 Å². The van der Waals surface area contributed by atoms with E-state index in [9.17, 15) is 0 Å². The third kappa shape index (κ3) is 4.52. The van der Waals surface area contributed by atoms with Crippen LogP contribution in [-0.2, 0) is 12.4 Å². The quantitative estimate of drug-likeness (QED) is 0.360. The van der Waals surface area contributed by atoms with Crippen molar-refractivity contribution in [2.75, 3.05) is 0 Å². The first kappa shape index (κ1) is 18.1. The number of thioether (sulfide) groups is 1. The maximum absolute atomic E-state index is 5.87. The number of ether oxygens (including phenoxy) is 1. The summed E-state index contributed by atoms with van der Waals surface area (Å²) in [5, 5.41) is 12.2. The van der Waals surface area contributed by atoms with Crippen molar-refractivity contribution in [3.8, 4) is 17.2 Å². The van der Waals surface area contributed by atoms with Crippen LogP contribution in [0.3, 0.4) is 0 Å². The van der Waals surface area contributed by atoms with Gasteiger partial charge in [-0.05, 0) is 37.3 Å². The maximum atomic E-state index is 5.87. The maximum Gasteiger partial charge on any atom is 0.277 e. The molecule has 0 bridgehead atoms. The molecule has 0 fully saturated rings. The van der Waals surface area contributed by atoms with Crippen LogP contribution in [0.1, 0.15) is 16.5 Å². The predicted octanol–water partition coefficient (Wildman–Crippen LogP) is 5.62. The Morgan fingerprint density at radius 3 is 2.81 bits per heavy atom. The molecule has 0 radical (unpaired) electrons. The second kappa shape index (κ2) is 8.16. The van der Waals surface area contributed by atoms with E-state index in [0.29, 0.717) is 28.5 Å². The molecule has 0 atom stereocenters. The van der Waals surface area contributed by atoms with Crippen LogP contribution in [0.25, 0.3) is 11.5 Å². The first-order chi connectivity index (χ1) is 13.2. The van der Waals surface area contributed by atoms with Gasteiger partial charge in [0.25, 0.3) is 11.1 Å². The molecule has 0 N–H and O–H groups in total. The average Bonchev–Trinajstić information content (AvgIpc) is 3.40. The van der Waals surface area contributed by atoms with E-state index >= 15 is 0 Å². The third-order valence-corrected chi connectivity index (χ3v) is 5.59. The number of halogens is 1. The Kier molecular flexibility index (Phi) is 5.47. The zero-order valence-electron chi connectivity index (χ0n) is 14.2. The number of hydrogen-bond donors (Lipinski definition) is 0. The normalized spacial score (nSPS) is 11.0. The Hall–Kier alpha value is -2.29. The lowest BCUT2D eigenvalue weighted by Gasteiger charge is -2.03. The third-order valence-electron chi connectivity index (χ3n) is 3.61. The van der Waals surface area contributed by atoms with Gasteiger partial charge in [-0.1, -0.05) is 23.4 Å². The second-order valence-electron chi connectivity index (χ2n) is 5.53. The van der Waals surface area contributed by atoms with Gasteiger partial charge >= 0.3 is 0 Å². The van der Waals surface area contributed by atoms with Gasteiger partial charge in [-0.3, -0.25) is 0 Å². The largest absolute Gasteiger partial charge is 0.486 e. The van der Waals surface area contributed by atoms with E-state index in [1.165, 1.54) is 11.8 Å². The highest BCUT2D eigenvalue weighted by atomic mass is 35.5. The number of rotatable bonds is 7. The molecule has 0 amide bonds. The van der Waals surface area contributed by atoms with Gasteiger partial charge in [0.1, 0.15) is 23.1 Å². The van der Waals surface area contributed by atoms with Crippen molar-refractivity contribution in [1.82, 2.24) is 15.2 Å². The molecular weight excluding hydrogens is 406 g/mol. The molecule has 4 rings (SSSR count). The van der Waals surface area contributed by atoms with Crippen LogP contribution < -0.4 is 4.74 Å². The number of hydrogen-bond acceptors (Lipinski definition) is 8. The van der Waals surface area contributed by atoms with Crippen LogP contribution in [-0.4, -0.2) is 15.2 Å². The average molecular weight is 420 g/mol. The van der Waals surface area contributed by atoms with E-state index in [4.69, 9.17) is 25.2 Å². The monoisotopic (exact) mass is 419 g/mol. The smallest absolute Gasteiger partial charge is 0.277 e. The Bertz CT molecular complexity index is 1030. The zero-order valence-corrected chi connectivity index (χ0v) is 16.6. The summed E-state index contributed by atoms with van der Waals surface area (Å²) < 4.78 is 16.6. The summed E-state index contributed by atoms with van der Waals surface area (Å²) >= 11 is 8.87. The van der Waals surface area contributed by atoms with Crippen molar-refractivity contribution in [2.24, 2.45) is 0 Å². The van der Waals surface area contributed by atoms with Crippen LogP contribution in [0.4, 0.5) is 0 Å². The molecule has 9 heteroatoms. The minimum atomic E-state index is 0.418. The van der Waals surface area contributed by atoms with E-state index < -0.39 is 0 Å². The fourth-order valence-corrected chi connectivity index (χ4v) is 3.87. The summed E-state index contributed by atoms with van der Waals surface area (Å²) in [6.45, 7) is 2.27. The minimum absolute atomic E-state index is 0.418. The van der Waals surface area contributed by atoms with E-state index in [0.717, 1.165) is 27.8 Å². The standard InChI is InChI=1S/C18H14ClN3O3S2/c1-11-15(6-7-23-11)17-21-22-18(25-17)27-10-13-9-26-16(20-13)8-24-14-4-2-12(19)3-5-14/h2-7,9H,8,10H2,1H3. The Morgan fingerprint density at radius 1 is 1.19 bits per heavy atom. The molecule has 6 nitrogen and oxygen atoms in total.